The molecule has 0 saturated heterocycles. The second kappa shape index (κ2) is 6.92. The van der Waals surface area contributed by atoms with Gasteiger partial charge in [0.15, 0.2) is 0 Å². The Morgan fingerprint density at radius 2 is 2.00 bits per heavy atom. The van der Waals surface area contributed by atoms with Crippen molar-refractivity contribution in [2.45, 2.75) is 26.4 Å². The molecule has 7 nitrogen and oxygen atoms in total. The number of hydrogen-bond acceptors (Lipinski definition) is 5. The van der Waals surface area contributed by atoms with Crippen LogP contribution in [0.5, 0.6) is 5.88 Å². The topological polar surface area (TPSA) is 80.8 Å². The lowest BCUT2D eigenvalue weighted by atomic mass is 10.2. The van der Waals surface area contributed by atoms with E-state index in [0.29, 0.717) is 11.6 Å². The summed E-state index contributed by atoms with van der Waals surface area (Å²) < 4.78 is 10.1. The molecule has 0 aliphatic rings. The zero-order chi connectivity index (χ0) is 16.0. The summed E-state index contributed by atoms with van der Waals surface area (Å²) >= 11 is 0. The van der Waals surface area contributed by atoms with Gasteiger partial charge in [-0.05, 0) is 26.8 Å². The van der Waals surface area contributed by atoms with Crippen LogP contribution in [0.3, 0.4) is 0 Å². The molecule has 1 heterocycles. The van der Waals surface area contributed by atoms with E-state index >= 15 is 0 Å². The van der Waals surface area contributed by atoms with Crippen LogP contribution >= 0.6 is 0 Å². The highest BCUT2D eigenvalue weighted by molar-refractivity contribution is 5.93. The predicted octanol–water partition coefficient (Wildman–Crippen LogP) is 1.90. The standard InChI is InChI=1S/C14H21N3O4/c1-14(2,3)21-13(19)17(4)9-11(18)16-10-6-7-12(20-5)15-8-10/h6-8H,9H2,1-5H3,(H,16,18). The lowest BCUT2D eigenvalue weighted by Gasteiger charge is -2.24. The molecule has 1 aromatic heterocycles. The third-order valence-electron chi connectivity index (χ3n) is 2.32. The van der Waals surface area contributed by atoms with Crippen molar-refractivity contribution in [2.75, 3.05) is 26.0 Å². The Labute approximate surface area is 124 Å². The summed E-state index contributed by atoms with van der Waals surface area (Å²) in [6.45, 7) is 5.19. The van der Waals surface area contributed by atoms with E-state index in [-0.39, 0.29) is 12.5 Å². The number of carbonyl (C=O) groups is 2. The minimum Gasteiger partial charge on any atom is -0.481 e. The molecule has 0 aliphatic heterocycles. The van der Waals surface area contributed by atoms with Crippen LogP contribution in [0.1, 0.15) is 20.8 Å². The molecule has 2 amide bonds. The Hall–Kier alpha value is -2.31. The zero-order valence-corrected chi connectivity index (χ0v) is 13.0. The molecule has 1 rings (SSSR count). The van der Waals surface area contributed by atoms with E-state index in [4.69, 9.17) is 9.47 Å². The van der Waals surface area contributed by atoms with Crippen LogP contribution < -0.4 is 10.1 Å². The van der Waals surface area contributed by atoms with Gasteiger partial charge >= 0.3 is 6.09 Å². The molecule has 1 aromatic rings. The Bertz CT molecular complexity index is 494. The SMILES string of the molecule is COc1ccc(NC(=O)CN(C)C(=O)OC(C)(C)C)cn1. The van der Waals surface area contributed by atoms with Crippen LogP contribution in [0.25, 0.3) is 0 Å². The van der Waals surface area contributed by atoms with Gasteiger partial charge in [0.2, 0.25) is 11.8 Å². The van der Waals surface area contributed by atoms with Gasteiger partial charge in [0.1, 0.15) is 12.1 Å². The summed E-state index contributed by atoms with van der Waals surface area (Å²) in [6.07, 6.45) is 0.926. The van der Waals surface area contributed by atoms with Crippen molar-refractivity contribution < 1.29 is 19.1 Å². The van der Waals surface area contributed by atoms with Gasteiger partial charge in [-0.3, -0.25) is 4.79 Å². The average molecular weight is 295 g/mol. The van der Waals surface area contributed by atoms with Crippen molar-refractivity contribution >= 4 is 17.7 Å². The quantitative estimate of drug-likeness (QED) is 0.917. The molecule has 21 heavy (non-hydrogen) atoms. The molecule has 0 aromatic carbocycles. The van der Waals surface area contributed by atoms with Crippen LogP contribution in [0, 0.1) is 0 Å². The first-order valence-corrected chi connectivity index (χ1v) is 6.45. The molecular weight excluding hydrogens is 274 g/mol. The van der Waals surface area contributed by atoms with E-state index in [2.05, 4.69) is 10.3 Å². The number of anilines is 1. The maximum Gasteiger partial charge on any atom is 0.410 e. The monoisotopic (exact) mass is 295 g/mol. The van der Waals surface area contributed by atoms with E-state index in [9.17, 15) is 9.59 Å². The molecular formula is C14H21N3O4. The van der Waals surface area contributed by atoms with E-state index in [1.165, 1.54) is 25.3 Å². The number of amides is 2. The molecule has 0 radical (unpaired) electrons. The molecule has 1 N–H and O–H groups in total. The normalized spacial score (nSPS) is 10.7. The Morgan fingerprint density at radius 3 is 2.48 bits per heavy atom. The highest BCUT2D eigenvalue weighted by atomic mass is 16.6. The third-order valence-corrected chi connectivity index (χ3v) is 2.32. The maximum atomic E-state index is 11.8. The minimum absolute atomic E-state index is 0.110. The van der Waals surface area contributed by atoms with Gasteiger partial charge in [0, 0.05) is 13.1 Å². The number of likely N-dealkylation sites (N-methyl/N-ethyl adjacent to an activating group) is 1. The lowest BCUT2D eigenvalue weighted by molar-refractivity contribution is -0.117. The summed E-state index contributed by atoms with van der Waals surface area (Å²) in [7, 11) is 3.01. The highest BCUT2D eigenvalue weighted by Gasteiger charge is 2.21. The number of methoxy groups -OCH3 is 1. The summed E-state index contributed by atoms with van der Waals surface area (Å²) in [5.74, 6) is 0.120. The fourth-order valence-electron chi connectivity index (χ4n) is 1.40. The molecule has 0 bridgehead atoms. The van der Waals surface area contributed by atoms with E-state index < -0.39 is 11.7 Å². The van der Waals surface area contributed by atoms with Crippen LogP contribution in [0.15, 0.2) is 18.3 Å². The second-order valence-electron chi connectivity index (χ2n) is 5.47. The lowest BCUT2D eigenvalue weighted by Crippen LogP contribution is -2.38. The molecule has 0 saturated carbocycles. The average Bonchev–Trinajstić information content (AvgIpc) is 2.37. The van der Waals surface area contributed by atoms with Crippen LogP contribution in [0.2, 0.25) is 0 Å². The molecule has 7 heteroatoms. The molecule has 0 fully saturated rings. The highest BCUT2D eigenvalue weighted by Crippen LogP contribution is 2.11. The zero-order valence-electron chi connectivity index (χ0n) is 13.0. The predicted molar refractivity (Wildman–Crippen MR) is 78.3 cm³/mol. The van der Waals surface area contributed by atoms with Crippen molar-refractivity contribution in [3.05, 3.63) is 18.3 Å². The number of aromatic nitrogens is 1. The van der Waals surface area contributed by atoms with Crippen LogP contribution in [-0.2, 0) is 9.53 Å². The molecule has 0 unspecified atom stereocenters. The molecule has 0 spiro atoms. The molecule has 0 atom stereocenters. The van der Waals surface area contributed by atoms with Crippen molar-refractivity contribution in [1.29, 1.82) is 0 Å². The van der Waals surface area contributed by atoms with Crippen molar-refractivity contribution in [3.8, 4) is 5.88 Å². The summed E-state index contributed by atoms with van der Waals surface area (Å²) in [6, 6.07) is 3.30. The van der Waals surface area contributed by atoms with Gasteiger partial charge in [0.25, 0.3) is 0 Å². The van der Waals surface area contributed by atoms with Gasteiger partial charge in [0.05, 0.1) is 19.0 Å². The third kappa shape index (κ3) is 6.11. The summed E-state index contributed by atoms with van der Waals surface area (Å²) in [5, 5.41) is 2.64. The number of nitrogens with one attached hydrogen (secondary N) is 1. The maximum absolute atomic E-state index is 11.8. The largest absolute Gasteiger partial charge is 0.481 e. The fourth-order valence-corrected chi connectivity index (χ4v) is 1.40. The summed E-state index contributed by atoms with van der Waals surface area (Å²) in [5.41, 5.74) is -0.0692. The van der Waals surface area contributed by atoms with Crippen molar-refractivity contribution in [2.24, 2.45) is 0 Å². The Kier molecular flexibility index (Phi) is 5.52. The number of rotatable bonds is 4. The fraction of sp³-hybridized carbons (Fsp3) is 0.500. The number of ether oxygens (including phenoxy) is 2. The second-order valence-corrected chi connectivity index (χ2v) is 5.47. The number of nitrogens with zero attached hydrogens (tertiary/aromatic N) is 2. The van der Waals surface area contributed by atoms with Gasteiger partial charge in [-0.2, -0.15) is 0 Å². The first-order valence-electron chi connectivity index (χ1n) is 6.45. The first-order chi connectivity index (χ1) is 9.71. The van der Waals surface area contributed by atoms with Crippen molar-refractivity contribution in [3.63, 3.8) is 0 Å². The summed E-state index contributed by atoms with van der Waals surface area (Å²) in [4.78, 5) is 28.7. The smallest absolute Gasteiger partial charge is 0.410 e. The molecule has 116 valence electrons. The van der Waals surface area contributed by atoms with Crippen LogP contribution in [0.4, 0.5) is 10.5 Å². The van der Waals surface area contributed by atoms with Gasteiger partial charge in [-0.25, -0.2) is 9.78 Å². The van der Waals surface area contributed by atoms with Gasteiger partial charge in [-0.15, -0.1) is 0 Å². The Morgan fingerprint density at radius 1 is 1.33 bits per heavy atom. The number of pyridine rings is 1. The number of hydrogen-bond donors (Lipinski definition) is 1. The van der Waals surface area contributed by atoms with E-state index in [1.54, 1.807) is 32.9 Å². The minimum atomic E-state index is -0.596. The van der Waals surface area contributed by atoms with Crippen molar-refractivity contribution in [1.82, 2.24) is 9.88 Å². The van der Waals surface area contributed by atoms with Gasteiger partial charge in [-0.1, -0.05) is 0 Å². The van der Waals surface area contributed by atoms with E-state index in [0.717, 1.165) is 0 Å². The van der Waals surface area contributed by atoms with E-state index in [1.807, 2.05) is 0 Å². The Balaban J connectivity index is 2.50. The number of carbonyl (C=O) groups excluding carboxylic acids is 2. The first kappa shape index (κ1) is 16.7. The van der Waals surface area contributed by atoms with Crippen LogP contribution in [-0.4, -0.2) is 48.2 Å². The molecule has 0 aliphatic carbocycles. The van der Waals surface area contributed by atoms with Gasteiger partial charge < -0.3 is 19.7 Å².